The maximum Gasteiger partial charge on any atom is 0.231 e. The summed E-state index contributed by atoms with van der Waals surface area (Å²) < 4.78 is 0. The largest absolute Gasteiger partial charge is 0.399 e. The predicted molar refractivity (Wildman–Crippen MR) is 59.1 cm³/mol. The Hall–Kier alpha value is -1.55. The summed E-state index contributed by atoms with van der Waals surface area (Å²) in [4.78, 5) is 10.7. The fourth-order valence-corrected chi connectivity index (χ4v) is 2.07. The van der Waals surface area contributed by atoms with Gasteiger partial charge in [-0.25, -0.2) is 0 Å². The topological polar surface area (TPSA) is 81.1 Å². The molecule has 0 bridgehead atoms. The van der Waals surface area contributed by atoms with Gasteiger partial charge in [-0.15, -0.1) is 0 Å². The number of rotatable bonds is 3. The molecule has 4 nitrogen and oxygen atoms in total. The Balaban J connectivity index is 2.11. The molecule has 1 aromatic rings. The third kappa shape index (κ3) is 2.10. The molecular weight excluding hydrogens is 190 g/mol. The minimum absolute atomic E-state index is 0.231. The van der Waals surface area contributed by atoms with Crippen molar-refractivity contribution >= 4 is 11.6 Å². The van der Waals surface area contributed by atoms with Crippen LogP contribution in [0.4, 0.5) is 5.69 Å². The lowest BCUT2D eigenvalue weighted by molar-refractivity contribution is -0.117. The molecule has 2 rings (SSSR count). The highest BCUT2D eigenvalue weighted by Crippen LogP contribution is 2.31. The summed E-state index contributed by atoms with van der Waals surface area (Å²) >= 11 is 0. The molecule has 1 aromatic carbocycles. The quantitative estimate of drug-likeness (QED) is 0.622. The minimum atomic E-state index is -0.320. The van der Waals surface area contributed by atoms with E-state index in [0.29, 0.717) is 0 Å². The van der Waals surface area contributed by atoms with E-state index in [-0.39, 0.29) is 18.5 Å². The van der Waals surface area contributed by atoms with Crippen LogP contribution in [-0.2, 0) is 11.2 Å². The highest BCUT2D eigenvalue weighted by Gasteiger charge is 2.21. The first kappa shape index (κ1) is 9.98. The van der Waals surface area contributed by atoms with Crippen molar-refractivity contribution in [2.24, 2.45) is 5.73 Å². The van der Waals surface area contributed by atoms with Crippen LogP contribution in [0.1, 0.15) is 23.6 Å². The number of nitrogens with two attached hydrogens (primary N) is 2. The molecule has 0 saturated carbocycles. The molecule has 1 amide bonds. The number of anilines is 1. The van der Waals surface area contributed by atoms with Gasteiger partial charge in [0.05, 0.1) is 6.54 Å². The van der Waals surface area contributed by atoms with Gasteiger partial charge in [0, 0.05) is 11.7 Å². The fraction of sp³-hybridized carbons (Fsp3) is 0.364. The molecule has 80 valence electrons. The van der Waals surface area contributed by atoms with E-state index < -0.39 is 0 Å². The van der Waals surface area contributed by atoms with Crippen molar-refractivity contribution in [2.75, 3.05) is 12.3 Å². The summed E-state index contributed by atoms with van der Waals surface area (Å²) in [6.07, 6.45) is 2.02. The number of fused-ring (bicyclic) bond motifs is 1. The molecule has 0 radical (unpaired) electrons. The van der Waals surface area contributed by atoms with Crippen molar-refractivity contribution < 1.29 is 4.79 Å². The number of hydrogen-bond donors (Lipinski definition) is 3. The van der Waals surface area contributed by atoms with Gasteiger partial charge in [0.25, 0.3) is 0 Å². The van der Waals surface area contributed by atoms with Crippen LogP contribution in [0.3, 0.4) is 0 Å². The number of carbonyl (C=O) groups excluding carboxylic acids is 1. The number of benzene rings is 1. The van der Waals surface area contributed by atoms with Gasteiger partial charge < -0.3 is 16.8 Å². The van der Waals surface area contributed by atoms with E-state index in [2.05, 4.69) is 5.32 Å². The van der Waals surface area contributed by atoms with Crippen molar-refractivity contribution in [1.82, 2.24) is 5.32 Å². The SMILES string of the molecule is NC(=O)CNC1CCc2cc(N)ccc21. The zero-order valence-electron chi connectivity index (χ0n) is 8.49. The maximum atomic E-state index is 10.7. The van der Waals surface area contributed by atoms with Crippen molar-refractivity contribution in [3.8, 4) is 0 Å². The van der Waals surface area contributed by atoms with E-state index in [1.165, 1.54) is 11.1 Å². The minimum Gasteiger partial charge on any atom is -0.399 e. The molecule has 15 heavy (non-hydrogen) atoms. The van der Waals surface area contributed by atoms with Gasteiger partial charge in [-0.1, -0.05) is 6.07 Å². The fourth-order valence-electron chi connectivity index (χ4n) is 2.07. The summed E-state index contributed by atoms with van der Waals surface area (Å²) in [5.74, 6) is -0.320. The number of amides is 1. The smallest absolute Gasteiger partial charge is 0.231 e. The van der Waals surface area contributed by atoms with Crippen LogP contribution >= 0.6 is 0 Å². The van der Waals surface area contributed by atoms with Crippen LogP contribution in [0.2, 0.25) is 0 Å². The molecule has 1 atom stereocenters. The first-order chi connectivity index (χ1) is 7.16. The van der Waals surface area contributed by atoms with Crippen LogP contribution in [0.5, 0.6) is 0 Å². The number of nitrogen functional groups attached to an aromatic ring is 1. The number of primary amides is 1. The Morgan fingerprint density at radius 2 is 2.33 bits per heavy atom. The van der Waals surface area contributed by atoms with Crippen LogP contribution in [0, 0.1) is 0 Å². The van der Waals surface area contributed by atoms with Gasteiger partial charge in [0.2, 0.25) is 5.91 Å². The summed E-state index contributed by atoms with van der Waals surface area (Å²) in [5, 5.41) is 3.14. The van der Waals surface area contributed by atoms with Crippen LogP contribution in [0.25, 0.3) is 0 Å². The first-order valence-corrected chi connectivity index (χ1v) is 5.07. The van der Waals surface area contributed by atoms with Gasteiger partial charge in [-0.2, -0.15) is 0 Å². The van der Waals surface area contributed by atoms with Crippen LogP contribution in [-0.4, -0.2) is 12.5 Å². The normalized spacial score (nSPS) is 18.8. The molecule has 0 aliphatic heterocycles. The summed E-state index contributed by atoms with van der Waals surface area (Å²) in [5.41, 5.74) is 14.1. The lowest BCUT2D eigenvalue weighted by atomic mass is 10.1. The van der Waals surface area contributed by atoms with Gasteiger partial charge in [-0.05, 0) is 36.1 Å². The molecule has 0 saturated heterocycles. The molecule has 4 heteroatoms. The zero-order chi connectivity index (χ0) is 10.8. The lowest BCUT2D eigenvalue weighted by Gasteiger charge is -2.12. The molecule has 5 N–H and O–H groups in total. The van der Waals surface area contributed by atoms with Crippen LogP contribution in [0.15, 0.2) is 18.2 Å². The Bertz CT molecular complexity index is 389. The average molecular weight is 205 g/mol. The monoisotopic (exact) mass is 205 g/mol. The molecule has 0 fully saturated rings. The Morgan fingerprint density at radius 1 is 1.53 bits per heavy atom. The van der Waals surface area contributed by atoms with Gasteiger partial charge in [0.1, 0.15) is 0 Å². The third-order valence-electron chi connectivity index (χ3n) is 2.77. The van der Waals surface area contributed by atoms with Crippen LogP contribution < -0.4 is 16.8 Å². The molecule has 1 aliphatic rings. The highest BCUT2D eigenvalue weighted by molar-refractivity contribution is 5.76. The predicted octanol–water partition coefficient (Wildman–Crippen LogP) is 0.331. The summed E-state index contributed by atoms with van der Waals surface area (Å²) in [7, 11) is 0. The number of aryl methyl sites for hydroxylation is 1. The Kier molecular flexibility index (Phi) is 2.60. The van der Waals surface area contributed by atoms with E-state index in [9.17, 15) is 4.79 Å². The second-order valence-electron chi connectivity index (χ2n) is 3.90. The molecular formula is C11H15N3O. The zero-order valence-corrected chi connectivity index (χ0v) is 8.49. The van der Waals surface area contributed by atoms with Gasteiger partial charge >= 0.3 is 0 Å². The second kappa shape index (κ2) is 3.90. The number of carbonyl (C=O) groups is 1. The van der Waals surface area contributed by atoms with Gasteiger partial charge in [-0.3, -0.25) is 4.79 Å². The molecule has 0 spiro atoms. The number of hydrogen-bond acceptors (Lipinski definition) is 3. The molecule has 1 unspecified atom stereocenters. The Morgan fingerprint density at radius 3 is 3.07 bits per heavy atom. The van der Waals surface area contributed by atoms with Crippen molar-refractivity contribution in [2.45, 2.75) is 18.9 Å². The third-order valence-corrected chi connectivity index (χ3v) is 2.77. The molecule has 0 heterocycles. The average Bonchev–Trinajstić information content (AvgIpc) is 2.57. The van der Waals surface area contributed by atoms with E-state index >= 15 is 0 Å². The summed E-state index contributed by atoms with van der Waals surface area (Å²) in [6.45, 7) is 0.231. The van der Waals surface area contributed by atoms with Crippen molar-refractivity contribution in [1.29, 1.82) is 0 Å². The van der Waals surface area contributed by atoms with Crippen molar-refractivity contribution in [3.63, 3.8) is 0 Å². The Labute approximate surface area is 88.6 Å². The van der Waals surface area contributed by atoms with E-state index in [4.69, 9.17) is 11.5 Å². The number of nitrogens with one attached hydrogen (secondary N) is 1. The maximum absolute atomic E-state index is 10.7. The molecule has 0 aromatic heterocycles. The van der Waals surface area contributed by atoms with Crippen molar-refractivity contribution in [3.05, 3.63) is 29.3 Å². The second-order valence-corrected chi connectivity index (χ2v) is 3.90. The van der Waals surface area contributed by atoms with E-state index in [1.807, 2.05) is 18.2 Å². The highest BCUT2D eigenvalue weighted by atomic mass is 16.1. The van der Waals surface area contributed by atoms with E-state index in [1.54, 1.807) is 0 Å². The first-order valence-electron chi connectivity index (χ1n) is 5.07. The standard InChI is InChI=1S/C11H15N3O/c12-8-2-3-9-7(5-8)1-4-10(9)14-6-11(13)15/h2-3,5,10,14H,1,4,6,12H2,(H2,13,15). The molecule has 1 aliphatic carbocycles. The lowest BCUT2D eigenvalue weighted by Crippen LogP contribution is -2.30. The van der Waals surface area contributed by atoms with Gasteiger partial charge in [0.15, 0.2) is 0 Å². The summed E-state index contributed by atoms with van der Waals surface area (Å²) in [6, 6.07) is 6.16. The van der Waals surface area contributed by atoms with E-state index in [0.717, 1.165) is 18.5 Å².